The van der Waals surface area contributed by atoms with E-state index in [-0.39, 0.29) is 17.5 Å². The molecular weight excluding hydrogens is 832 g/mol. The van der Waals surface area contributed by atoms with Crippen LogP contribution in [0.4, 0.5) is 5.82 Å². The van der Waals surface area contributed by atoms with Crippen molar-refractivity contribution in [1.82, 2.24) is 14.2 Å². The summed E-state index contributed by atoms with van der Waals surface area (Å²) >= 11 is 3.01. The first-order valence-electron chi connectivity index (χ1n) is 20.2. The van der Waals surface area contributed by atoms with Crippen molar-refractivity contribution in [3.05, 3.63) is 154 Å². The van der Waals surface area contributed by atoms with Gasteiger partial charge in [0.15, 0.2) is 13.7 Å². The number of carbonyl (C=O) groups excluding carboxylic acids is 1. The van der Waals surface area contributed by atoms with Crippen LogP contribution in [0.25, 0.3) is 0 Å². The third kappa shape index (κ3) is 9.87. The first-order chi connectivity index (χ1) is 29.6. The summed E-state index contributed by atoms with van der Waals surface area (Å²) in [5.74, 6) is 2.86. The molecule has 0 saturated carbocycles. The van der Waals surface area contributed by atoms with Crippen LogP contribution in [-0.2, 0) is 24.3 Å². The van der Waals surface area contributed by atoms with Gasteiger partial charge in [0, 0.05) is 49.0 Å². The maximum absolute atomic E-state index is 13.6. The Bertz CT molecular complexity index is 2220. The SMILES string of the molecule is COc1ccc(C(OC[C@@]2(C)O[C@H](n3cc(C)c(N)nc3=O)[C@@H](OC)[C@H]2OP(SCCSC(=O)c2ccccc2)N2CCCC2)(c2ccccc2)c2ccc(OC)cc2)cc1. The maximum atomic E-state index is 13.6. The highest BCUT2D eigenvalue weighted by molar-refractivity contribution is 8.53. The number of aromatic nitrogens is 2. The van der Waals surface area contributed by atoms with Crippen LogP contribution >= 0.6 is 30.6 Å². The summed E-state index contributed by atoms with van der Waals surface area (Å²) in [6, 6.07) is 35.1. The molecule has 5 atom stereocenters. The van der Waals surface area contributed by atoms with E-state index in [2.05, 4.69) is 9.65 Å². The number of benzene rings is 4. The van der Waals surface area contributed by atoms with Gasteiger partial charge in [0.1, 0.15) is 40.7 Å². The Morgan fingerprint density at radius 3 is 2.02 bits per heavy atom. The molecule has 5 aromatic rings. The number of aryl methyl sites for hydroxylation is 1. The van der Waals surface area contributed by atoms with Crippen molar-refractivity contribution in [3.8, 4) is 11.5 Å². The van der Waals surface area contributed by atoms with Crippen molar-refractivity contribution in [2.75, 3.05) is 58.3 Å². The van der Waals surface area contributed by atoms with Gasteiger partial charge in [-0.3, -0.25) is 14.0 Å². The number of hydrogen-bond acceptors (Lipinski definition) is 13. The molecule has 1 unspecified atom stereocenters. The first-order valence-corrected chi connectivity index (χ1v) is 24.0. The molecule has 2 fully saturated rings. The van der Waals surface area contributed by atoms with E-state index in [0.717, 1.165) is 42.6 Å². The predicted octanol–water partition coefficient (Wildman–Crippen LogP) is 8.48. The van der Waals surface area contributed by atoms with Gasteiger partial charge in [0.2, 0.25) is 5.12 Å². The second-order valence-corrected chi connectivity index (χ2v) is 19.8. The Morgan fingerprint density at radius 1 is 0.869 bits per heavy atom. The molecule has 1 aromatic heterocycles. The normalized spacial score (nSPS) is 21.0. The van der Waals surface area contributed by atoms with Gasteiger partial charge in [-0.15, -0.1) is 0 Å². The zero-order valence-electron chi connectivity index (χ0n) is 35.1. The number of methoxy groups -OCH3 is 3. The largest absolute Gasteiger partial charge is 0.497 e. The van der Waals surface area contributed by atoms with E-state index in [1.165, 1.54) is 16.3 Å². The minimum atomic E-state index is -1.28. The molecule has 61 heavy (non-hydrogen) atoms. The molecule has 0 spiro atoms. The van der Waals surface area contributed by atoms with Gasteiger partial charge in [-0.1, -0.05) is 108 Å². The molecule has 7 rings (SSSR count). The number of anilines is 1. The van der Waals surface area contributed by atoms with Crippen molar-refractivity contribution in [3.63, 3.8) is 0 Å². The van der Waals surface area contributed by atoms with Crippen LogP contribution in [0.2, 0.25) is 0 Å². The number of rotatable bonds is 18. The second-order valence-electron chi connectivity index (χ2n) is 15.1. The Hall–Kier alpha value is -4.24. The monoisotopic (exact) mass is 884 g/mol. The molecule has 0 bridgehead atoms. The van der Waals surface area contributed by atoms with Gasteiger partial charge >= 0.3 is 5.69 Å². The van der Waals surface area contributed by atoms with Gasteiger partial charge in [-0.05, 0) is 67.6 Å². The molecule has 2 aliphatic rings. The quantitative estimate of drug-likeness (QED) is 0.0513. The Morgan fingerprint density at radius 2 is 1.44 bits per heavy atom. The summed E-state index contributed by atoms with van der Waals surface area (Å²) in [5.41, 5.74) is 7.08. The number of hydrogen-bond donors (Lipinski definition) is 1. The van der Waals surface area contributed by atoms with Crippen LogP contribution < -0.4 is 20.9 Å². The van der Waals surface area contributed by atoms with Gasteiger partial charge in [-0.2, -0.15) is 4.98 Å². The van der Waals surface area contributed by atoms with Gasteiger partial charge < -0.3 is 33.9 Å². The van der Waals surface area contributed by atoms with Crippen molar-refractivity contribution in [1.29, 1.82) is 0 Å². The molecule has 0 aliphatic carbocycles. The fraction of sp³-hybridized carbons (Fsp3) is 0.370. The summed E-state index contributed by atoms with van der Waals surface area (Å²) in [6.45, 7) is 5.52. The summed E-state index contributed by atoms with van der Waals surface area (Å²) in [7, 11) is 3.61. The number of nitrogen functional groups attached to an aromatic ring is 1. The molecule has 0 radical (unpaired) electrons. The van der Waals surface area contributed by atoms with Crippen LogP contribution in [0, 0.1) is 6.92 Å². The third-order valence-corrected chi connectivity index (χ3v) is 16.3. The molecule has 2 aliphatic heterocycles. The smallest absolute Gasteiger partial charge is 0.351 e. The molecule has 2 saturated heterocycles. The fourth-order valence-corrected chi connectivity index (χ4v) is 13.1. The lowest BCUT2D eigenvalue weighted by Crippen LogP contribution is -2.48. The number of thioether (sulfide) groups is 1. The number of carbonyl (C=O) groups is 1. The lowest BCUT2D eigenvalue weighted by molar-refractivity contribution is -0.148. The molecule has 322 valence electrons. The zero-order chi connectivity index (χ0) is 43.0. The Kier molecular flexibility index (Phi) is 14.9. The second kappa shape index (κ2) is 20.3. The highest BCUT2D eigenvalue weighted by atomic mass is 32.7. The van der Waals surface area contributed by atoms with E-state index < -0.39 is 42.8 Å². The fourth-order valence-electron chi connectivity index (χ4n) is 7.78. The standard InChI is InChI=1S/C46H53N4O8PS2/c1-32-30-50(44(52)48-41(32)47)42-39(55-5)40(58-59(49-26-12-13-27-49)61-29-28-60-43(51)33-14-8-6-9-15-33)45(2,57-42)31-56-46(34-16-10-7-11-17-34,35-18-22-37(53-3)23-19-35)36-20-24-38(54-4)25-21-36/h6-11,14-25,30,39-40,42H,12-13,26-29,31H2,1-5H3,(H2,47,48,52)/t39-,40+,42-,45+,59?/m0/s1. The minimum absolute atomic E-state index is 0.00633. The number of nitrogens with two attached hydrogens (primary N) is 1. The van der Waals surface area contributed by atoms with Gasteiger partial charge in [0.05, 0.1) is 20.8 Å². The van der Waals surface area contributed by atoms with Gasteiger partial charge in [0.25, 0.3) is 0 Å². The zero-order valence-corrected chi connectivity index (χ0v) is 37.6. The van der Waals surface area contributed by atoms with E-state index in [0.29, 0.717) is 34.1 Å². The number of nitrogens with zero attached hydrogens (tertiary/aromatic N) is 3. The Labute approximate surface area is 367 Å². The van der Waals surface area contributed by atoms with Crippen LogP contribution in [0.3, 0.4) is 0 Å². The average molecular weight is 885 g/mol. The van der Waals surface area contributed by atoms with Crippen molar-refractivity contribution in [2.24, 2.45) is 0 Å². The molecule has 0 amide bonds. The van der Waals surface area contributed by atoms with Crippen molar-refractivity contribution in [2.45, 2.75) is 56.3 Å². The predicted molar refractivity (Wildman–Crippen MR) is 244 cm³/mol. The lowest BCUT2D eigenvalue weighted by atomic mass is 9.79. The Balaban J connectivity index is 1.28. The van der Waals surface area contributed by atoms with E-state index in [4.69, 9.17) is 33.9 Å². The van der Waals surface area contributed by atoms with Crippen LogP contribution in [0.1, 0.15) is 58.6 Å². The van der Waals surface area contributed by atoms with E-state index in [1.807, 2.05) is 116 Å². The maximum Gasteiger partial charge on any atom is 0.351 e. The lowest BCUT2D eigenvalue weighted by Gasteiger charge is -2.41. The topological polar surface area (TPSA) is 137 Å². The highest BCUT2D eigenvalue weighted by Crippen LogP contribution is 2.59. The van der Waals surface area contributed by atoms with E-state index >= 15 is 0 Å². The average Bonchev–Trinajstić information content (AvgIpc) is 3.93. The third-order valence-electron chi connectivity index (χ3n) is 11.1. The van der Waals surface area contributed by atoms with Crippen LogP contribution in [0.15, 0.2) is 120 Å². The summed E-state index contributed by atoms with van der Waals surface area (Å²) in [4.78, 5) is 30.7. The number of ether oxygens (including phenoxy) is 5. The van der Waals surface area contributed by atoms with E-state index in [9.17, 15) is 9.59 Å². The highest BCUT2D eigenvalue weighted by Gasteiger charge is 2.57. The van der Waals surface area contributed by atoms with Crippen LogP contribution in [-0.4, -0.2) is 89.7 Å². The molecule has 12 nitrogen and oxygen atoms in total. The first kappa shape index (κ1) is 44.8. The molecule has 4 aromatic carbocycles. The van der Waals surface area contributed by atoms with Crippen molar-refractivity contribution >= 4 is 41.6 Å². The molecule has 3 heterocycles. The molecule has 15 heteroatoms. The van der Waals surface area contributed by atoms with Crippen LogP contribution in [0.5, 0.6) is 11.5 Å². The summed E-state index contributed by atoms with van der Waals surface area (Å²) in [5, 5.41) is 0.0392. The molecular formula is C46H53N4O8PS2. The van der Waals surface area contributed by atoms with Gasteiger partial charge in [-0.25, -0.2) is 4.79 Å². The summed E-state index contributed by atoms with van der Waals surface area (Å²) in [6.07, 6.45) is 1.34. The minimum Gasteiger partial charge on any atom is -0.497 e. The van der Waals surface area contributed by atoms with Crippen molar-refractivity contribution < 1.29 is 33.0 Å². The van der Waals surface area contributed by atoms with E-state index in [1.54, 1.807) is 45.8 Å². The molecule has 2 N–H and O–H groups in total. The summed E-state index contributed by atoms with van der Waals surface area (Å²) < 4.78 is 43.1.